The summed E-state index contributed by atoms with van der Waals surface area (Å²) in [5.74, 6) is -1.42. The Balaban J connectivity index is 3.55. The summed E-state index contributed by atoms with van der Waals surface area (Å²) in [6.07, 6.45) is 0. The van der Waals surface area contributed by atoms with E-state index >= 15 is 0 Å². The molecule has 0 saturated carbocycles. The third-order valence-corrected chi connectivity index (χ3v) is 2.64. The minimum absolute atomic E-state index is 0.0250. The summed E-state index contributed by atoms with van der Waals surface area (Å²) in [5, 5.41) is 0. The average molecular weight is 284 g/mol. The van der Waals surface area contributed by atoms with Crippen molar-refractivity contribution in [3.8, 4) is 5.88 Å². The van der Waals surface area contributed by atoms with Crippen LogP contribution in [0.3, 0.4) is 0 Å². The molecule has 110 valence electrons. The van der Waals surface area contributed by atoms with Crippen LogP contribution in [0.5, 0.6) is 5.88 Å². The molecule has 0 aromatic carbocycles. The molecule has 0 aliphatic heterocycles. The lowest BCUT2D eigenvalue weighted by molar-refractivity contribution is -0.186. The number of ether oxygens (including phenoxy) is 4. The van der Waals surface area contributed by atoms with Gasteiger partial charge in [-0.3, -0.25) is 0 Å². The second kappa shape index (κ2) is 6.29. The fraction of sp³-hybridized carbons (Fsp3) is 0.500. The lowest BCUT2D eigenvalue weighted by Crippen LogP contribution is -2.48. The highest BCUT2D eigenvalue weighted by atomic mass is 16.6. The van der Waals surface area contributed by atoms with Crippen molar-refractivity contribution < 1.29 is 28.5 Å². The summed E-state index contributed by atoms with van der Waals surface area (Å²) in [6.45, 7) is 1.58. The van der Waals surface area contributed by atoms with Gasteiger partial charge in [0.1, 0.15) is 11.5 Å². The second-order valence-corrected chi connectivity index (χ2v) is 3.71. The van der Waals surface area contributed by atoms with Crippen LogP contribution in [0.25, 0.3) is 0 Å². The fourth-order valence-electron chi connectivity index (χ4n) is 1.68. The summed E-state index contributed by atoms with van der Waals surface area (Å²) < 4.78 is 19.3. The summed E-state index contributed by atoms with van der Waals surface area (Å²) in [4.78, 5) is 32.1. The van der Waals surface area contributed by atoms with Crippen LogP contribution < -0.4 is 4.74 Å². The standard InChI is InChI=1S/C12H16N2O6/c1-7-13-8(6-9(14-7)17-2)12(20-5,10(15)18-3)11(16)19-4/h6H,1-5H3. The van der Waals surface area contributed by atoms with Crippen molar-refractivity contribution in [2.45, 2.75) is 12.5 Å². The number of nitrogens with zero attached hydrogens (tertiary/aromatic N) is 2. The summed E-state index contributed by atoms with van der Waals surface area (Å²) in [7, 11) is 4.84. The molecule has 8 nitrogen and oxygen atoms in total. The number of carbonyl (C=O) groups is 2. The Hall–Kier alpha value is -2.22. The van der Waals surface area contributed by atoms with Crippen LogP contribution >= 0.6 is 0 Å². The van der Waals surface area contributed by atoms with Crippen LogP contribution in [0.2, 0.25) is 0 Å². The Morgan fingerprint density at radius 3 is 2.00 bits per heavy atom. The Morgan fingerprint density at radius 2 is 1.60 bits per heavy atom. The number of aryl methyl sites for hydroxylation is 1. The van der Waals surface area contributed by atoms with Crippen LogP contribution in [-0.4, -0.2) is 50.3 Å². The second-order valence-electron chi connectivity index (χ2n) is 3.71. The van der Waals surface area contributed by atoms with Crippen LogP contribution in [0.15, 0.2) is 6.07 Å². The van der Waals surface area contributed by atoms with E-state index in [9.17, 15) is 9.59 Å². The minimum atomic E-state index is -2.12. The number of aromatic nitrogens is 2. The molecular formula is C12H16N2O6. The quantitative estimate of drug-likeness (QED) is 0.550. The topological polar surface area (TPSA) is 96.8 Å². The normalized spacial score (nSPS) is 10.8. The Kier molecular flexibility index (Phi) is 4.98. The van der Waals surface area contributed by atoms with E-state index < -0.39 is 17.5 Å². The average Bonchev–Trinajstić information content (AvgIpc) is 2.47. The van der Waals surface area contributed by atoms with E-state index in [2.05, 4.69) is 19.4 Å². The van der Waals surface area contributed by atoms with Gasteiger partial charge in [0.2, 0.25) is 5.88 Å². The predicted octanol–water partition coefficient (Wildman–Crippen LogP) is -0.0187. The first kappa shape index (κ1) is 15.8. The summed E-state index contributed by atoms with van der Waals surface area (Å²) >= 11 is 0. The molecule has 0 amide bonds. The molecule has 0 fully saturated rings. The molecule has 1 aromatic rings. The number of esters is 2. The molecule has 1 aromatic heterocycles. The van der Waals surface area contributed by atoms with Gasteiger partial charge in [-0.2, -0.15) is 4.98 Å². The largest absolute Gasteiger partial charge is 0.481 e. The molecule has 0 saturated heterocycles. The van der Waals surface area contributed by atoms with Crippen molar-refractivity contribution in [2.75, 3.05) is 28.4 Å². The highest BCUT2D eigenvalue weighted by Gasteiger charge is 2.53. The first-order valence-electron chi connectivity index (χ1n) is 5.58. The van der Waals surface area contributed by atoms with Gasteiger partial charge >= 0.3 is 17.5 Å². The van der Waals surface area contributed by atoms with E-state index in [-0.39, 0.29) is 11.6 Å². The van der Waals surface area contributed by atoms with Gasteiger partial charge < -0.3 is 18.9 Å². The highest BCUT2D eigenvalue weighted by molar-refractivity contribution is 6.04. The number of rotatable bonds is 5. The Morgan fingerprint density at radius 1 is 1.05 bits per heavy atom. The minimum Gasteiger partial charge on any atom is -0.481 e. The van der Waals surface area contributed by atoms with Gasteiger partial charge in [0.15, 0.2) is 0 Å². The van der Waals surface area contributed by atoms with Gasteiger partial charge in [0, 0.05) is 13.2 Å². The SMILES string of the molecule is COC(=O)C(OC)(C(=O)OC)c1cc(OC)nc(C)n1. The summed E-state index contributed by atoms with van der Waals surface area (Å²) in [5.41, 5.74) is -2.15. The van der Waals surface area contributed by atoms with E-state index in [0.717, 1.165) is 14.2 Å². The van der Waals surface area contributed by atoms with Crippen molar-refractivity contribution in [1.29, 1.82) is 0 Å². The van der Waals surface area contributed by atoms with E-state index in [0.29, 0.717) is 5.82 Å². The number of hydrogen-bond donors (Lipinski definition) is 0. The maximum atomic E-state index is 12.0. The molecule has 0 unspecified atom stereocenters. The van der Waals surface area contributed by atoms with Gasteiger partial charge in [-0.15, -0.1) is 0 Å². The number of carbonyl (C=O) groups excluding carboxylic acids is 2. The molecule has 1 heterocycles. The zero-order valence-corrected chi connectivity index (χ0v) is 11.9. The maximum absolute atomic E-state index is 12.0. The first-order chi connectivity index (χ1) is 9.45. The van der Waals surface area contributed by atoms with Gasteiger partial charge in [0.05, 0.1) is 21.3 Å². The first-order valence-corrected chi connectivity index (χ1v) is 5.58. The van der Waals surface area contributed by atoms with Gasteiger partial charge in [0.25, 0.3) is 0 Å². The van der Waals surface area contributed by atoms with Crippen molar-refractivity contribution in [2.24, 2.45) is 0 Å². The molecule has 0 radical (unpaired) electrons. The van der Waals surface area contributed by atoms with E-state index in [1.165, 1.54) is 20.3 Å². The zero-order chi connectivity index (χ0) is 15.3. The molecule has 0 N–H and O–H groups in total. The van der Waals surface area contributed by atoms with E-state index in [4.69, 9.17) is 9.47 Å². The van der Waals surface area contributed by atoms with Crippen molar-refractivity contribution in [3.05, 3.63) is 17.6 Å². The third kappa shape index (κ3) is 2.55. The molecule has 20 heavy (non-hydrogen) atoms. The van der Waals surface area contributed by atoms with Gasteiger partial charge in [-0.05, 0) is 6.92 Å². The molecular weight excluding hydrogens is 268 g/mol. The predicted molar refractivity (Wildman–Crippen MR) is 66.0 cm³/mol. The number of hydrogen-bond acceptors (Lipinski definition) is 8. The summed E-state index contributed by atoms with van der Waals surface area (Å²) in [6, 6.07) is 1.31. The van der Waals surface area contributed by atoms with Crippen molar-refractivity contribution >= 4 is 11.9 Å². The van der Waals surface area contributed by atoms with E-state index in [1.807, 2.05) is 0 Å². The Labute approximate surface area is 116 Å². The molecule has 0 atom stereocenters. The van der Waals surface area contributed by atoms with Crippen molar-refractivity contribution in [1.82, 2.24) is 9.97 Å². The lowest BCUT2D eigenvalue weighted by Gasteiger charge is -2.26. The van der Waals surface area contributed by atoms with Crippen LogP contribution in [-0.2, 0) is 29.4 Å². The number of methoxy groups -OCH3 is 4. The van der Waals surface area contributed by atoms with Gasteiger partial charge in [-0.25, -0.2) is 14.6 Å². The smallest absolute Gasteiger partial charge is 0.356 e. The zero-order valence-electron chi connectivity index (χ0n) is 11.9. The molecule has 0 bridgehead atoms. The van der Waals surface area contributed by atoms with Crippen molar-refractivity contribution in [3.63, 3.8) is 0 Å². The molecule has 8 heteroatoms. The van der Waals surface area contributed by atoms with Crippen LogP contribution in [0.4, 0.5) is 0 Å². The highest BCUT2D eigenvalue weighted by Crippen LogP contribution is 2.29. The molecule has 0 spiro atoms. The molecule has 1 rings (SSSR count). The monoisotopic (exact) mass is 284 g/mol. The molecule has 0 aliphatic rings. The van der Waals surface area contributed by atoms with Crippen LogP contribution in [0, 0.1) is 6.92 Å². The lowest BCUT2D eigenvalue weighted by atomic mass is 9.99. The van der Waals surface area contributed by atoms with Gasteiger partial charge in [-0.1, -0.05) is 0 Å². The fourth-order valence-corrected chi connectivity index (χ4v) is 1.68. The van der Waals surface area contributed by atoms with Crippen LogP contribution in [0.1, 0.15) is 11.5 Å². The van der Waals surface area contributed by atoms with E-state index in [1.54, 1.807) is 6.92 Å². The third-order valence-electron chi connectivity index (χ3n) is 2.64. The Bertz CT molecular complexity index is 501. The maximum Gasteiger partial charge on any atom is 0.356 e. The molecule has 0 aliphatic carbocycles.